The number of nitrogens with one attached hydrogen (secondary N) is 1. The standard InChI is InChI=1S/C15H28N2O2/c1-3-6-16-15-12-19-11-14(15)9-17-7-4-13(5-8-17)10-18-2/h4,14-16H,3,5-12H2,1-2H3. The zero-order chi connectivity index (χ0) is 13.5. The van der Waals surface area contributed by atoms with Gasteiger partial charge in [-0.1, -0.05) is 13.0 Å². The van der Waals surface area contributed by atoms with E-state index in [2.05, 4.69) is 23.2 Å². The fraction of sp³-hybridized carbons (Fsp3) is 0.867. The van der Waals surface area contributed by atoms with Gasteiger partial charge in [0.2, 0.25) is 0 Å². The van der Waals surface area contributed by atoms with Crippen molar-refractivity contribution in [2.24, 2.45) is 5.92 Å². The Morgan fingerprint density at radius 1 is 1.47 bits per heavy atom. The van der Waals surface area contributed by atoms with Crippen LogP contribution in [0, 0.1) is 5.92 Å². The summed E-state index contributed by atoms with van der Waals surface area (Å²) < 4.78 is 10.8. The van der Waals surface area contributed by atoms with Crippen LogP contribution in [0.15, 0.2) is 11.6 Å². The van der Waals surface area contributed by atoms with E-state index in [0.29, 0.717) is 12.0 Å². The molecule has 110 valence electrons. The summed E-state index contributed by atoms with van der Waals surface area (Å²) in [5.41, 5.74) is 1.45. The van der Waals surface area contributed by atoms with Crippen molar-refractivity contribution >= 4 is 0 Å². The minimum absolute atomic E-state index is 0.546. The van der Waals surface area contributed by atoms with Crippen LogP contribution in [0.1, 0.15) is 19.8 Å². The summed E-state index contributed by atoms with van der Waals surface area (Å²) >= 11 is 0. The molecule has 2 aliphatic heterocycles. The Kier molecular flexibility index (Phi) is 6.31. The smallest absolute Gasteiger partial charge is 0.0673 e. The van der Waals surface area contributed by atoms with Crippen molar-refractivity contribution in [1.29, 1.82) is 0 Å². The monoisotopic (exact) mass is 268 g/mol. The molecule has 0 bridgehead atoms. The van der Waals surface area contributed by atoms with Crippen LogP contribution < -0.4 is 5.32 Å². The number of rotatable bonds is 7. The summed E-state index contributed by atoms with van der Waals surface area (Å²) in [4.78, 5) is 2.54. The zero-order valence-electron chi connectivity index (χ0n) is 12.4. The fourth-order valence-electron chi connectivity index (χ4n) is 2.90. The first-order valence-corrected chi connectivity index (χ1v) is 7.53. The van der Waals surface area contributed by atoms with Crippen LogP contribution in [0.2, 0.25) is 0 Å². The van der Waals surface area contributed by atoms with Crippen LogP contribution in [0.25, 0.3) is 0 Å². The summed E-state index contributed by atoms with van der Waals surface area (Å²) in [7, 11) is 1.77. The summed E-state index contributed by atoms with van der Waals surface area (Å²) in [5, 5.41) is 3.61. The normalized spacial score (nSPS) is 28.6. The third-order valence-electron chi connectivity index (χ3n) is 4.06. The van der Waals surface area contributed by atoms with Crippen LogP contribution >= 0.6 is 0 Å². The molecule has 2 heterocycles. The number of methoxy groups -OCH3 is 1. The van der Waals surface area contributed by atoms with Gasteiger partial charge in [0.15, 0.2) is 0 Å². The Labute approximate surface area is 117 Å². The predicted octanol–water partition coefficient (Wildman–Crippen LogP) is 1.28. The molecule has 0 amide bonds. The Hall–Kier alpha value is -0.420. The Bertz CT molecular complexity index is 294. The van der Waals surface area contributed by atoms with Crippen LogP contribution in [-0.2, 0) is 9.47 Å². The van der Waals surface area contributed by atoms with E-state index >= 15 is 0 Å². The van der Waals surface area contributed by atoms with Crippen LogP contribution in [0.3, 0.4) is 0 Å². The lowest BCUT2D eigenvalue weighted by Gasteiger charge is -2.30. The van der Waals surface area contributed by atoms with Crippen molar-refractivity contribution in [2.45, 2.75) is 25.8 Å². The molecule has 4 nitrogen and oxygen atoms in total. The maximum Gasteiger partial charge on any atom is 0.0673 e. The molecular formula is C15H28N2O2. The molecule has 19 heavy (non-hydrogen) atoms. The lowest BCUT2D eigenvalue weighted by atomic mass is 10.0. The van der Waals surface area contributed by atoms with Crippen molar-refractivity contribution in [1.82, 2.24) is 10.2 Å². The minimum Gasteiger partial charge on any atom is -0.380 e. The number of ether oxygens (including phenoxy) is 2. The first kappa shape index (κ1) is 15.0. The molecular weight excluding hydrogens is 240 g/mol. The van der Waals surface area contributed by atoms with E-state index in [0.717, 1.165) is 52.4 Å². The summed E-state index contributed by atoms with van der Waals surface area (Å²) in [5.74, 6) is 0.643. The number of hydrogen-bond acceptors (Lipinski definition) is 4. The van der Waals surface area contributed by atoms with Gasteiger partial charge in [-0.25, -0.2) is 0 Å². The van der Waals surface area contributed by atoms with Crippen molar-refractivity contribution in [2.75, 3.05) is 53.1 Å². The van der Waals surface area contributed by atoms with Gasteiger partial charge in [0.25, 0.3) is 0 Å². The Morgan fingerprint density at radius 2 is 2.37 bits per heavy atom. The zero-order valence-corrected chi connectivity index (χ0v) is 12.4. The van der Waals surface area contributed by atoms with Crippen molar-refractivity contribution < 1.29 is 9.47 Å². The topological polar surface area (TPSA) is 33.7 Å². The maximum atomic E-state index is 5.64. The van der Waals surface area contributed by atoms with E-state index in [1.165, 1.54) is 12.0 Å². The quantitative estimate of drug-likeness (QED) is 0.705. The molecule has 2 unspecified atom stereocenters. The Morgan fingerprint density at radius 3 is 3.05 bits per heavy atom. The molecule has 1 N–H and O–H groups in total. The highest BCUT2D eigenvalue weighted by Gasteiger charge is 2.29. The highest BCUT2D eigenvalue weighted by molar-refractivity contribution is 5.08. The highest BCUT2D eigenvalue weighted by Crippen LogP contribution is 2.18. The van der Waals surface area contributed by atoms with E-state index < -0.39 is 0 Å². The van der Waals surface area contributed by atoms with Gasteiger partial charge < -0.3 is 14.8 Å². The predicted molar refractivity (Wildman–Crippen MR) is 77.4 cm³/mol. The maximum absolute atomic E-state index is 5.64. The number of hydrogen-bond donors (Lipinski definition) is 1. The van der Waals surface area contributed by atoms with Gasteiger partial charge in [-0.2, -0.15) is 0 Å². The molecule has 2 aliphatic rings. The van der Waals surface area contributed by atoms with Gasteiger partial charge in [0.1, 0.15) is 0 Å². The molecule has 0 aromatic carbocycles. The average molecular weight is 268 g/mol. The molecule has 1 saturated heterocycles. The first-order chi connectivity index (χ1) is 9.33. The van der Waals surface area contributed by atoms with E-state index in [1.807, 2.05) is 0 Å². The van der Waals surface area contributed by atoms with Crippen molar-refractivity contribution in [3.63, 3.8) is 0 Å². The second kappa shape index (κ2) is 8.00. The van der Waals surface area contributed by atoms with E-state index in [4.69, 9.17) is 9.47 Å². The number of nitrogens with zero attached hydrogens (tertiary/aromatic N) is 1. The average Bonchev–Trinajstić information content (AvgIpc) is 2.86. The van der Waals surface area contributed by atoms with Crippen molar-refractivity contribution in [3.8, 4) is 0 Å². The lowest BCUT2D eigenvalue weighted by Crippen LogP contribution is -2.43. The SMILES string of the molecule is CCCNC1COCC1CN1CC=C(COC)CC1. The van der Waals surface area contributed by atoms with Gasteiger partial charge in [-0.3, -0.25) is 4.90 Å². The van der Waals surface area contributed by atoms with Gasteiger partial charge in [-0.05, 0) is 25.0 Å². The van der Waals surface area contributed by atoms with Gasteiger partial charge in [-0.15, -0.1) is 0 Å². The molecule has 0 aliphatic carbocycles. The molecule has 2 rings (SSSR count). The van der Waals surface area contributed by atoms with Gasteiger partial charge in [0, 0.05) is 38.7 Å². The second-order valence-corrected chi connectivity index (χ2v) is 5.66. The molecule has 0 spiro atoms. The molecule has 0 radical (unpaired) electrons. The van der Waals surface area contributed by atoms with Crippen LogP contribution in [0.4, 0.5) is 0 Å². The largest absolute Gasteiger partial charge is 0.380 e. The molecule has 2 atom stereocenters. The summed E-state index contributed by atoms with van der Waals surface area (Å²) in [6.45, 7) is 9.27. The van der Waals surface area contributed by atoms with E-state index in [9.17, 15) is 0 Å². The van der Waals surface area contributed by atoms with Crippen LogP contribution in [-0.4, -0.2) is 64.1 Å². The summed E-state index contributed by atoms with van der Waals surface area (Å²) in [6.07, 6.45) is 4.67. The fourth-order valence-corrected chi connectivity index (χ4v) is 2.90. The second-order valence-electron chi connectivity index (χ2n) is 5.66. The Balaban J connectivity index is 1.75. The third kappa shape index (κ3) is 4.56. The minimum atomic E-state index is 0.546. The molecule has 0 aromatic rings. The third-order valence-corrected chi connectivity index (χ3v) is 4.06. The molecule has 0 aromatic heterocycles. The molecule has 1 fully saturated rings. The molecule has 0 saturated carbocycles. The van der Waals surface area contributed by atoms with E-state index in [1.54, 1.807) is 7.11 Å². The van der Waals surface area contributed by atoms with Crippen molar-refractivity contribution in [3.05, 3.63) is 11.6 Å². The highest BCUT2D eigenvalue weighted by atomic mass is 16.5. The summed E-state index contributed by atoms with van der Waals surface area (Å²) in [6, 6.07) is 0.546. The van der Waals surface area contributed by atoms with E-state index in [-0.39, 0.29) is 0 Å². The van der Waals surface area contributed by atoms with Gasteiger partial charge in [0.05, 0.1) is 19.8 Å². The first-order valence-electron chi connectivity index (χ1n) is 7.53. The molecule has 4 heteroatoms. The van der Waals surface area contributed by atoms with Crippen LogP contribution in [0.5, 0.6) is 0 Å². The lowest BCUT2D eigenvalue weighted by molar-refractivity contribution is 0.167. The van der Waals surface area contributed by atoms with Gasteiger partial charge >= 0.3 is 0 Å².